The van der Waals surface area contributed by atoms with Crippen molar-refractivity contribution in [3.05, 3.63) is 42.5 Å². The number of benzene rings is 1. The lowest BCUT2D eigenvalue weighted by Gasteiger charge is -2.00. The van der Waals surface area contributed by atoms with E-state index in [1.165, 1.54) is 12.1 Å². The molecule has 0 amide bonds. The lowest BCUT2D eigenvalue weighted by molar-refractivity contribution is 0.481. The molecule has 13 heavy (non-hydrogen) atoms. The fourth-order valence-electron chi connectivity index (χ4n) is 0.934. The molecule has 0 aliphatic rings. The Bertz CT molecular complexity index is 369. The van der Waals surface area contributed by atoms with E-state index in [1.54, 1.807) is 24.5 Å². The summed E-state index contributed by atoms with van der Waals surface area (Å²) in [5, 5.41) is 6.32. The minimum Gasteiger partial charge on any atom is -0.454 e. The van der Waals surface area contributed by atoms with Gasteiger partial charge in [0.1, 0.15) is 11.6 Å². The molecule has 1 aromatic heterocycles. The van der Waals surface area contributed by atoms with Crippen molar-refractivity contribution >= 4 is 0 Å². The van der Waals surface area contributed by atoms with Gasteiger partial charge in [0.05, 0.1) is 12.4 Å². The van der Waals surface area contributed by atoms with E-state index in [0.717, 1.165) is 0 Å². The second-order valence-electron chi connectivity index (χ2n) is 2.49. The Morgan fingerprint density at radius 1 is 1.15 bits per heavy atom. The fraction of sp³-hybridized carbons (Fsp3) is 0. The van der Waals surface area contributed by atoms with Crippen LogP contribution in [0.4, 0.5) is 4.39 Å². The van der Waals surface area contributed by atoms with E-state index in [1.807, 2.05) is 0 Å². The summed E-state index contributed by atoms with van der Waals surface area (Å²) in [7, 11) is 0. The molecule has 0 unspecified atom stereocenters. The molecule has 1 aromatic carbocycles. The van der Waals surface area contributed by atoms with Crippen LogP contribution in [0.1, 0.15) is 0 Å². The van der Waals surface area contributed by atoms with Crippen molar-refractivity contribution in [2.45, 2.75) is 0 Å². The van der Waals surface area contributed by atoms with Gasteiger partial charge in [0.2, 0.25) is 0 Å². The monoisotopic (exact) mass is 178 g/mol. The average Bonchev–Trinajstić information content (AvgIpc) is 2.62. The molecule has 3 nitrogen and oxygen atoms in total. The zero-order valence-electron chi connectivity index (χ0n) is 6.70. The maximum absolute atomic E-state index is 12.5. The molecule has 1 N–H and O–H groups in total. The second-order valence-corrected chi connectivity index (χ2v) is 2.49. The van der Waals surface area contributed by atoms with Gasteiger partial charge in [-0.25, -0.2) is 4.39 Å². The van der Waals surface area contributed by atoms with Crippen LogP contribution in [0.25, 0.3) is 0 Å². The molecule has 1 heterocycles. The van der Waals surface area contributed by atoms with E-state index in [4.69, 9.17) is 4.74 Å². The molecule has 0 saturated carbocycles. The van der Waals surface area contributed by atoms with Crippen LogP contribution in [-0.2, 0) is 0 Å². The highest BCUT2D eigenvalue weighted by atomic mass is 19.1. The van der Waals surface area contributed by atoms with Crippen molar-refractivity contribution in [2.24, 2.45) is 0 Å². The van der Waals surface area contributed by atoms with Gasteiger partial charge in [-0.15, -0.1) is 0 Å². The van der Waals surface area contributed by atoms with Gasteiger partial charge >= 0.3 is 0 Å². The Kier molecular flexibility index (Phi) is 1.96. The Morgan fingerprint density at radius 3 is 2.54 bits per heavy atom. The second kappa shape index (κ2) is 3.26. The van der Waals surface area contributed by atoms with Crippen LogP contribution in [0.15, 0.2) is 36.7 Å². The summed E-state index contributed by atoms with van der Waals surface area (Å²) in [5.41, 5.74) is 0. The summed E-state index contributed by atoms with van der Waals surface area (Å²) in [6.45, 7) is 0. The first kappa shape index (κ1) is 7.79. The lowest BCUT2D eigenvalue weighted by atomic mass is 10.3. The Balaban J connectivity index is 2.15. The first-order chi connectivity index (χ1) is 6.34. The lowest BCUT2D eigenvalue weighted by Crippen LogP contribution is -1.81. The van der Waals surface area contributed by atoms with Crippen LogP contribution in [-0.4, -0.2) is 10.2 Å². The van der Waals surface area contributed by atoms with E-state index >= 15 is 0 Å². The quantitative estimate of drug-likeness (QED) is 0.766. The van der Waals surface area contributed by atoms with Gasteiger partial charge in [0.15, 0.2) is 5.75 Å². The molecule has 4 heteroatoms. The Morgan fingerprint density at radius 2 is 1.92 bits per heavy atom. The molecule has 0 saturated heterocycles. The van der Waals surface area contributed by atoms with Crippen molar-refractivity contribution < 1.29 is 9.13 Å². The number of aromatic amines is 1. The third kappa shape index (κ3) is 1.84. The summed E-state index contributed by atoms with van der Waals surface area (Å²) in [6.07, 6.45) is 3.16. The number of hydrogen-bond donors (Lipinski definition) is 1. The van der Waals surface area contributed by atoms with Crippen molar-refractivity contribution in [3.63, 3.8) is 0 Å². The molecule has 0 fully saturated rings. The van der Waals surface area contributed by atoms with Crippen LogP contribution in [0.5, 0.6) is 11.5 Å². The van der Waals surface area contributed by atoms with Crippen LogP contribution in [0.3, 0.4) is 0 Å². The van der Waals surface area contributed by atoms with E-state index in [0.29, 0.717) is 11.5 Å². The summed E-state index contributed by atoms with van der Waals surface area (Å²) >= 11 is 0. The van der Waals surface area contributed by atoms with Crippen LogP contribution in [0.2, 0.25) is 0 Å². The number of ether oxygens (including phenoxy) is 1. The zero-order valence-corrected chi connectivity index (χ0v) is 6.70. The smallest absolute Gasteiger partial charge is 0.165 e. The summed E-state index contributed by atoms with van der Waals surface area (Å²) in [4.78, 5) is 0. The third-order valence-corrected chi connectivity index (χ3v) is 1.52. The predicted octanol–water partition coefficient (Wildman–Crippen LogP) is 2.34. The highest BCUT2D eigenvalue weighted by molar-refractivity contribution is 5.27. The van der Waals surface area contributed by atoms with E-state index < -0.39 is 0 Å². The molecule has 0 bridgehead atoms. The zero-order chi connectivity index (χ0) is 9.10. The number of aromatic nitrogens is 2. The maximum Gasteiger partial charge on any atom is 0.165 e. The summed E-state index contributed by atoms with van der Waals surface area (Å²) in [5.74, 6) is 0.911. The molecular weight excluding hydrogens is 171 g/mol. The van der Waals surface area contributed by atoms with Crippen molar-refractivity contribution in [2.75, 3.05) is 0 Å². The van der Waals surface area contributed by atoms with Crippen molar-refractivity contribution in [1.29, 1.82) is 0 Å². The standard InChI is InChI=1S/C9H7FN2O/c10-7-1-3-8(4-2-7)13-9-5-11-12-6-9/h1-6H,(H,11,12). The molecule has 0 aliphatic heterocycles. The van der Waals surface area contributed by atoms with Gasteiger partial charge in [0.25, 0.3) is 0 Å². The number of hydrogen-bond acceptors (Lipinski definition) is 2. The highest BCUT2D eigenvalue weighted by Gasteiger charge is 1.97. The van der Waals surface area contributed by atoms with Gasteiger partial charge in [-0.05, 0) is 24.3 Å². The number of rotatable bonds is 2. The summed E-state index contributed by atoms with van der Waals surface area (Å²) in [6, 6.07) is 5.80. The van der Waals surface area contributed by atoms with Gasteiger partial charge in [0, 0.05) is 0 Å². The maximum atomic E-state index is 12.5. The van der Waals surface area contributed by atoms with Crippen LogP contribution in [0, 0.1) is 5.82 Å². The highest BCUT2D eigenvalue weighted by Crippen LogP contribution is 2.19. The molecular formula is C9H7FN2O. The summed E-state index contributed by atoms with van der Waals surface area (Å²) < 4.78 is 17.8. The molecule has 0 aliphatic carbocycles. The van der Waals surface area contributed by atoms with Crippen molar-refractivity contribution in [1.82, 2.24) is 10.2 Å². The fourth-order valence-corrected chi connectivity index (χ4v) is 0.934. The Labute approximate surface area is 74.2 Å². The molecule has 0 radical (unpaired) electrons. The third-order valence-electron chi connectivity index (χ3n) is 1.52. The number of nitrogens with one attached hydrogen (secondary N) is 1. The normalized spacial score (nSPS) is 9.92. The molecule has 0 spiro atoms. The van der Waals surface area contributed by atoms with Crippen molar-refractivity contribution in [3.8, 4) is 11.5 Å². The van der Waals surface area contributed by atoms with E-state index in [2.05, 4.69) is 10.2 Å². The molecule has 0 atom stereocenters. The first-order valence-corrected chi connectivity index (χ1v) is 3.77. The minimum absolute atomic E-state index is 0.278. The van der Waals surface area contributed by atoms with E-state index in [-0.39, 0.29) is 5.82 Å². The van der Waals surface area contributed by atoms with Gasteiger partial charge in [-0.3, -0.25) is 5.10 Å². The van der Waals surface area contributed by atoms with Gasteiger partial charge in [-0.1, -0.05) is 0 Å². The molecule has 66 valence electrons. The van der Waals surface area contributed by atoms with Crippen LogP contribution < -0.4 is 4.74 Å². The largest absolute Gasteiger partial charge is 0.454 e. The van der Waals surface area contributed by atoms with Gasteiger partial charge < -0.3 is 4.74 Å². The number of nitrogens with zero attached hydrogens (tertiary/aromatic N) is 1. The topological polar surface area (TPSA) is 37.9 Å². The molecule has 2 rings (SSSR count). The Hall–Kier alpha value is -1.84. The average molecular weight is 178 g/mol. The predicted molar refractivity (Wildman–Crippen MR) is 45.1 cm³/mol. The van der Waals surface area contributed by atoms with Gasteiger partial charge in [-0.2, -0.15) is 5.10 Å². The number of H-pyrrole nitrogens is 1. The minimum atomic E-state index is -0.278. The SMILES string of the molecule is Fc1ccc(Oc2cn[nH]c2)cc1. The first-order valence-electron chi connectivity index (χ1n) is 3.77. The van der Waals surface area contributed by atoms with Crippen LogP contribution >= 0.6 is 0 Å². The number of halogens is 1. The van der Waals surface area contributed by atoms with E-state index in [9.17, 15) is 4.39 Å². The molecule has 2 aromatic rings.